The Labute approximate surface area is 136 Å². The molecule has 1 fully saturated rings. The van der Waals surface area contributed by atoms with Crippen molar-refractivity contribution in [1.29, 1.82) is 0 Å². The summed E-state index contributed by atoms with van der Waals surface area (Å²) in [5.74, 6) is 0.838. The van der Waals surface area contributed by atoms with Gasteiger partial charge in [0.25, 0.3) is 0 Å². The van der Waals surface area contributed by atoms with Crippen LogP contribution in [0.15, 0.2) is 18.2 Å². The zero-order chi connectivity index (χ0) is 16.6. The predicted octanol–water partition coefficient (Wildman–Crippen LogP) is 1.97. The summed E-state index contributed by atoms with van der Waals surface area (Å²) in [6.45, 7) is 4.28. The summed E-state index contributed by atoms with van der Waals surface area (Å²) in [5.41, 5.74) is 1.47. The lowest BCUT2D eigenvalue weighted by Gasteiger charge is -2.22. The molecule has 0 unspecified atom stereocenters. The van der Waals surface area contributed by atoms with E-state index in [2.05, 4.69) is 5.32 Å². The predicted molar refractivity (Wildman–Crippen MR) is 87.8 cm³/mol. The number of ether oxygens (including phenoxy) is 1. The summed E-state index contributed by atoms with van der Waals surface area (Å²) in [4.78, 5) is 11.9. The topological polar surface area (TPSA) is 75.7 Å². The molecule has 1 aliphatic heterocycles. The number of amides is 1. The van der Waals surface area contributed by atoms with E-state index in [0.717, 1.165) is 18.4 Å². The Hall–Kier alpha value is -1.60. The van der Waals surface area contributed by atoms with Gasteiger partial charge >= 0.3 is 0 Å². The number of sulfonamides is 1. The van der Waals surface area contributed by atoms with Crippen LogP contribution in [0.4, 0.5) is 5.69 Å². The van der Waals surface area contributed by atoms with Crippen molar-refractivity contribution in [2.75, 3.05) is 18.5 Å². The van der Waals surface area contributed by atoms with Gasteiger partial charge in [-0.05, 0) is 44.9 Å². The first-order valence-corrected chi connectivity index (χ1v) is 9.44. The lowest BCUT2D eigenvalue weighted by Crippen LogP contribution is -2.37. The molecule has 1 amide bonds. The molecule has 7 heteroatoms. The molecule has 1 aromatic rings. The number of nitrogens with one attached hydrogen (secondary N) is 1. The van der Waals surface area contributed by atoms with E-state index < -0.39 is 15.3 Å². The van der Waals surface area contributed by atoms with Crippen molar-refractivity contribution in [3.8, 4) is 5.75 Å². The molecule has 1 aliphatic carbocycles. The fourth-order valence-corrected chi connectivity index (χ4v) is 3.80. The van der Waals surface area contributed by atoms with Gasteiger partial charge in [0, 0.05) is 30.3 Å². The Balaban J connectivity index is 1.82. The quantitative estimate of drug-likeness (QED) is 0.911. The molecule has 1 N–H and O–H groups in total. The summed E-state index contributed by atoms with van der Waals surface area (Å²) in [6, 6.07) is 5.40. The van der Waals surface area contributed by atoms with Crippen LogP contribution < -0.4 is 10.1 Å². The zero-order valence-electron chi connectivity index (χ0n) is 13.4. The molecule has 6 nitrogen and oxygen atoms in total. The van der Waals surface area contributed by atoms with Gasteiger partial charge < -0.3 is 10.1 Å². The minimum Gasteiger partial charge on any atom is -0.492 e. The first-order valence-electron chi connectivity index (χ1n) is 7.93. The average molecular weight is 338 g/mol. The maximum atomic E-state index is 12.4. The van der Waals surface area contributed by atoms with Gasteiger partial charge in [0.05, 0.1) is 5.25 Å². The molecular weight excluding hydrogens is 316 g/mol. The monoisotopic (exact) mass is 338 g/mol. The maximum absolute atomic E-state index is 12.4. The number of carbonyl (C=O) groups excluding carboxylic acids is 1. The molecule has 0 spiro atoms. The van der Waals surface area contributed by atoms with Crippen LogP contribution in [0, 0.1) is 5.92 Å². The molecular formula is C16H22N2O4S. The highest BCUT2D eigenvalue weighted by Gasteiger charge is 2.31. The molecule has 0 bridgehead atoms. The normalized spacial score (nSPS) is 18.9. The third kappa shape index (κ3) is 3.50. The highest BCUT2D eigenvalue weighted by atomic mass is 32.2. The van der Waals surface area contributed by atoms with Crippen molar-refractivity contribution in [3.05, 3.63) is 23.8 Å². The van der Waals surface area contributed by atoms with E-state index in [1.165, 1.54) is 4.31 Å². The van der Waals surface area contributed by atoms with Gasteiger partial charge in [-0.1, -0.05) is 0 Å². The second kappa shape index (κ2) is 6.13. The lowest BCUT2D eigenvalue weighted by molar-refractivity contribution is -0.117. The standard InChI is InChI=1S/C16H22N2O4S/c1-11(2)23(20,21)18-7-8-22-15-6-5-14(9-13(15)10-18)17-16(19)12-3-4-12/h5-6,9,11-12H,3-4,7-8,10H2,1-2H3,(H,17,19). The van der Waals surface area contributed by atoms with Crippen molar-refractivity contribution in [3.63, 3.8) is 0 Å². The van der Waals surface area contributed by atoms with Gasteiger partial charge in [-0.3, -0.25) is 4.79 Å². The molecule has 1 aromatic carbocycles. The molecule has 0 radical (unpaired) electrons. The molecule has 23 heavy (non-hydrogen) atoms. The molecule has 1 saturated carbocycles. The molecule has 3 rings (SSSR count). The maximum Gasteiger partial charge on any atom is 0.227 e. The van der Waals surface area contributed by atoms with Crippen LogP contribution in [0.2, 0.25) is 0 Å². The summed E-state index contributed by atoms with van der Waals surface area (Å²) < 4.78 is 31.9. The van der Waals surface area contributed by atoms with Crippen molar-refractivity contribution in [1.82, 2.24) is 4.31 Å². The second-order valence-electron chi connectivity index (χ2n) is 6.36. The van der Waals surface area contributed by atoms with Gasteiger partial charge in [-0.15, -0.1) is 0 Å². The highest BCUT2D eigenvalue weighted by Crippen LogP contribution is 2.32. The van der Waals surface area contributed by atoms with Crippen LogP contribution in [0.1, 0.15) is 32.3 Å². The minimum atomic E-state index is -3.34. The number of nitrogens with zero attached hydrogens (tertiary/aromatic N) is 1. The number of hydrogen-bond acceptors (Lipinski definition) is 4. The van der Waals surface area contributed by atoms with Gasteiger partial charge in [-0.25, -0.2) is 8.42 Å². The van der Waals surface area contributed by atoms with Crippen molar-refractivity contribution in [2.45, 2.75) is 38.5 Å². The number of carbonyl (C=O) groups is 1. The van der Waals surface area contributed by atoms with Crippen molar-refractivity contribution < 1.29 is 17.9 Å². The van der Waals surface area contributed by atoms with Crippen LogP contribution in [0.25, 0.3) is 0 Å². The van der Waals surface area contributed by atoms with Crippen molar-refractivity contribution in [2.24, 2.45) is 5.92 Å². The number of fused-ring (bicyclic) bond motifs is 1. The van der Waals surface area contributed by atoms with Crippen LogP contribution in [-0.2, 0) is 21.4 Å². The van der Waals surface area contributed by atoms with Crippen molar-refractivity contribution >= 4 is 21.6 Å². The molecule has 0 atom stereocenters. The average Bonchev–Trinajstić information content (AvgIpc) is 3.33. The smallest absolute Gasteiger partial charge is 0.227 e. The molecule has 126 valence electrons. The Morgan fingerprint density at radius 2 is 2.09 bits per heavy atom. The molecule has 0 aromatic heterocycles. The van der Waals surface area contributed by atoms with E-state index in [9.17, 15) is 13.2 Å². The SMILES string of the molecule is CC(C)S(=O)(=O)N1CCOc2ccc(NC(=O)C3CC3)cc2C1. The van der Waals surface area contributed by atoms with E-state index in [-0.39, 0.29) is 18.4 Å². The van der Waals surface area contributed by atoms with Crippen LogP contribution in [0.5, 0.6) is 5.75 Å². The largest absolute Gasteiger partial charge is 0.492 e. The molecule has 1 heterocycles. The fourth-order valence-electron chi connectivity index (χ4n) is 2.55. The van der Waals surface area contributed by atoms with Crippen LogP contribution in [-0.4, -0.2) is 37.0 Å². The summed E-state index contributed by atoms with van der Waals surface area (Å²) in [6.07, 6.45) is 1.89. The third-order valence-corrected chi connectivity index (χ3v) is 6.40. The van der Waals surface area contributed by atoms with Crippen LogP contribution >= 0.6 is 0 Å². The number of benzene rings is 1. The summed E-state index contributed by atoms with van der Waals surface area (Å²) in [7, 11) is -3.34. The van der Waals surface area contributed by atoms with E-state index in [1.54, 1.807) is 26.0 Å². The summed E-state index contributed by atoms with van der Waals surface area (Å²) >= 11 is 0. The highest BCUT2D eigenvalue weighted by molar-refractivity contribution is 7.89. The Kier molecular flexibility index (Phi) is 4.33. The Morgan fingerprint density at radius 3 is 2.74 bits per heavy atom. The molecule has 0 saturated heterocycles. The third-order valence-electron chi connectivity index (χ3n) is 4.18. The first kappa shape index (κ1) is 16.3. The number of hydrogen-bond donors (Lipinski definition) is 1. The zero-order valence-corrected chi connectivity index (χ0v) is 14.2. The van der Waals surface area contributed by atoms with E-state index in [0.29, 0.717) is 24.6 Å². The van der Waals surface area contributed by atoms with E-state index in [4.69, 9.17) is 4.74 Å². The summed E-state index contributed by atoms with van der Waals surface area (Å²) in [5, 5.41) is 2.42. The van der Waals surface area contributed by atoms with E-state index in [1.807, 2.05) is 6.07 Å². The minimum absolute atomic E-state index is 0.0335. The van der Waals surface area contributed by atoms with E-state index >= 15 is 0 Å². The fraction of sp³-hybridized carbons (Fsp3) is 0.562. The Bertz CT molecular complexity index is 711. The second-order valence-corrected chi connectivity index (χ2v) is 8.85. The first-order chi connectivity index (χ1) is 10.9. The van der Waals surface area contributed by atoms with Crippen LogP contribution in [0.3, 0.4) is 0 Å². The molecule has 2 aliphatic rings. The Morgan fingerprint density at radius 1 is 1.35 bits per heavy atom. The lowest BCUT2D eigenvalue weighted by atomic mass is 10.1. The number of anilines is 1. The van der Waals surface area contributed by atoms with Gasteiger partial charge in [-0.2, -0.15) is 4.31 Å². The number of rotatable bonds is 4. The van der Waals surface area contributed by atoms with Gasteiger partial charge in [0.15, 0.2) is 0 Å². The van der Waals surface area contributed by atoms with Gasteiger partial charge in [0.2, 0.25) is 15.9 Å². The van der Waals surface area contributed by atoms with Gasteiger partial charge in [0.1, 0.15) is 12.4 Å².